The van der Waals surface area contributed by atoms with Gasteiger partial charge in [-0.3, -0.25) is 9.59 Å². The zero-order valence-corrected chi connectivity index (χ0v) is 10.8. The fraction of sp³-hybridized carbons (Fsp3) is 0.385. The van der Waals surface area contributed by atoms with E-state index in [1.54, 1.807) is 0 Å². The third-order valence-corrected chi connectivity index (χ3v) is 2.81. The summed E-state index contributed by atoms with van der Waals surface area (Å²) >= 11 is 0. The highest BCUT2D eigenvalue weighted by Crippen LogP contribution is 2.20. The Kier molecular flexibility index (Phi) is 4.97. The molecule has 1 rings (SSSR count). The van der Waals surface area contributed by atoms with Crippen LogP contribution in [0, 0.1) is 24.5 Å². The molecule has 19 heavy (non-hydrogen) atoms. The first kappa shape index (κ1) is 15.1. The summed E-state index contributed by atoms with van der Waals surface area (Å²) in [6.07, 6.45) is -0.181. The Labute approximate surface area is 109 Å². The second-order valence-electron chi connectivity index (χ2n) is 3.97. The van der Waals surface area contributed by atoms with Crippen molar-refractivity contribution < 1.29 is 27.8 Å². The SMILES string of the molecule is COC(=O)C(Cc1cc(F)cc(F)c1C)C(=O)OC. The number of benzene rings is 1. The van der Waals surface area contributed by atoms with Gasteiger partial charge < -0.3 is 9.47 Å². The number of methoxy groups -OCH3 is 2. The van der Waals surface area contributed by atoms with Crippen LogP contribution in [0.3, 0.4) is 0 Å². The van der Waals surface area contributed by atoms with Gasteiger partial charge in [-0.25, -0.2) is 8.78 Å². The van der Waals surface area contributed by atoms with E-state index < -0.39 is 29.5 Å². The van der Waals surface area contributed by atoms with Crippen LogP contribution < -0.4 is 0 Å². The zero-order valence-electron chi connectivity index (χ0n) is 10.8. The highest BCUT2D eigenvalue weighted by atomic mass is 19.1. The lowest BCUT2D eigenvalue weighted by Gasteiger charge is -2.14. The molecule has 0 N–H and O–H groups in total. The summed E-state index contributed by atoms with van der Waals surface area (Å²) in [5, 5.41) is 0. The van der Waals surface area contributed by atoms with Gasteiger partial charge in [0.05, 0.1) is 14.2 Å². The molecule has 0 fully saturated rings. The van der Waals surface area contributed by atoms with Crippen molar-refractivity contribution >= 4 is 11.9 Å². The highest BCUT2D eigenvalue weighted by molar-refractivity contribution is 5.95. The van der Waals surface area contributed by atoms with E-state index in [4.69, 9.17) is 0 Å². The lowest BCUT2D eigenvalue weighted by molar-refractivity contribution is -0.158. The Morgan fingerprint density at radius 3 is 2.16 bits per heavy atom. The molecule has 4 nitrogen and oxygen atoms in total. The van der Waals surface area contributed by atoms with Gasteiger partial charge >= 0.3 is 11.9 Å². The standard InChI is InChI=1S/C13H14F2O4/c1-7-8(4-9(14)6-11(7)15)5-10(12(16)18-2)13(17)19-3/h4,6,10H,5H2,1-3H3. The zero-order chi connectivity index (χ0) is 14.6. The maximum atomic E-state index is 13.4. The molecule has 0 radical (unpaired) electrons. The summed E-state index contributed by atoms with van der Waals surface area (Å²) in [5.41, 5.74) is 0.400. The van der Waals surface area contributed by atoms with E-state index in [1.807, 2.05) is 0 Å². The van der Waals surface area contributed by atoms with Crippen molar-refractivity contribution in [3.63, 3.8) is 0 Å². The predicted octanol–water partition coefficient (Wildman–Crippen LogP) is 1.78. The monoisotopic (exact) mass is 272 g/mol. The van der Waals surface area contributed by atoms with Crippen molar-refractivity contribution in [3.05, 3.63) is 34.9 Å². The number of carbonyl (C=O) groups is 2. The Bertz CT molecular complexity index is 484. The molecular weight excluding hydrogens is 258 g/mol. The number of esters is 2. The van der Waals surface area contributed by atoms with Crippen LogP contribution in [-0.4, -0.2) is 26.2 Å². The summed E-state index contributed by atoms with van der Waals surface area (Å²) in [6, 6.07) is 1.82. The van der Waals surface area contributed by atoms with Crippen LogP contribution in [0.5, 0.6) is 0 Å². The van der Waals surface area contributed by atoms with Gasteiger partial charge in [0.25, 0.3) is 0 Å². The lowest BCUT2D eigenvalue weighted by atomic mass is 9.95. The average molecular weight is 272 g/mol. The van der Waals surface area contributed by atoms with Crippen molar-refractivity contribution in [2.45, 2.75) is 13.3 Å². The molecule has 6 heteroatoms. The molecule has 0 aliphatic carbocycles. The highest BCUT2D eigenvalue weighted by Gasteiger charge is 2.29. The van der Waals surface area contributed by atoms with E-state index >= 15 is 0 Å². The van der Waals surface area contributed by atoms with E-state index in [2.05, 4.69) is 9.47 Å². The van der Waals surface area contributed by atoms with Crippen molar-refractivity contribution in [2.24, 2.45) is 5.92 Å². The molecule has 0 saturated carbocycles. The van der Waals surface area contributed by atoms with Crippen molar-refractivity contribution in [1.29, 1.82) is 0 Å². The fourth-order valence-corrected chi connectivity index (χ4v) is 1.68. The molecule has 0 heterocycles. The largest absolute Gasteiger partial charge is 0.468 e. The molecule has 0 amide bonds. The van der Waals surface area contributed by atoms with Crippen molar-refractivity contribution in [1.82, 2.24) is 0 Å². The minimum absolute atomic E-state index is 0.180. The molecule has 0 aliphatic rings. The minimum atomic E-state index is -1.24. The molecule has 104 valence electrons. The van der Waals surface area contributed by atoms with E-state index in [0.717, 1.165) is 26.4 Å². The van der Waals surface area contributed by atoms with Crippen molar-refractivity contribution in [2.75, 3.05) is 14.2 Å². The Hall–Kier alpha value is -1.98. The normalized spacial score (nSPS) is 10.4. The predicted molar refractivity (Wildman–Crippen MR) is 62.3 cm³/mol. The summed E-state index contributed by atoms with van der Waals surface area (Å²) in [6.45, 7) is 1.44. The van der Waals surface area contributed by atoms with Gasteiger partial charge in [-0.05, 0) is 30.5 Å². The maximum Gasteiger partial charge on any atom is 0.320 e. The first-order valence-corrected chi connectivity index (χ1v) is 5.50. The molecule has 0 saturated heterocycles. The van der Waals surface area contributed by atoms with Crippen LogP contribution in [0.1, 0.15) is 11.1 Å². The number of carbonyl (C=O) groups excluding carboxylic acids is 2. The summed E-state index contributed by atoms with van der Waals surface area (Å²) < 4.78 is 35.5. The lowest BCUT2D eigenvalue weighted by Crippen LogP contribution is -2.28. The molecule has 0 aromatic heterocycles. The Morgan fingerprint density at radius 1 is 1.16 bits per heavy atom. The third-order valence-electron chi connectivity index (χ3n) is 2.81. The van der Waals surface area contributed by atoms with Gasteiger partial charge in [0, 0.05) is 6.07 Å². The summed E-state index contributed by atoms with van der Waals surface area (Å²) in [7, 11) is 2.24. The van der Waals surface area contributed by atoms with Gasteiger partial charge in [-0.2, -0.15) is 0 Å². The third kappa shape index (κ3) is 3.49. The van der Waals surface area contributed by atoms with Crippen LogP contribution in [-0.2, 0) is 25.5 Å². The van der Waals surface area contributed by atoms with Gasteiger partial charge in [0.2, 0.25) is 0 Å². The van der Waals surface area contributed by atoms with E-state index in [0.29, 0.717) is 0 Å². The van der Waals surface area contributed by atoms with Crippen LogP contribution in [0.4, 0.5) is 8.78 Å². The molecule has 1 aromatic rings. The van der Waals surface area contributed by atoms with Gasteiger partial charge in [0.1, 0.15) is 11.6 Å². The number of ether oxygens (including phenoxy) is 2. The second kappa shape index (κ2) is 6.26. The first-order valence-electron chi connectivity index (χ1n) is 5.50. The maximum absolute atomic E-state index is 13.4. The summed E-state index contributed by atoms with van der Waals surface area (Å²) in [4.78, 5) is 23.0. The number of hydrogen-bond donors (Lipinski definition) is 0. The van der Waals surface area contributed by atoms with Crippen LogP contribution in [0.25, 0.3) is 0 Å². The van der Waals surface area contributed by atoms with Crippen LogP contribution in [0.15, 0.2) is 12.1 Å². The smallest absolute Gasteiger partial charge is 0.320 e. The number of halogens is 2. The number of rotatable bonds is 4. The first-order chi connectivity index (χ1) is 8.90. The molecule has 0 spiro atoms. The van der Waals surface area contributed by atoms with E-state index in [-0.39, 0.29) is 17.5 Å². The van der Waals surface area contributed by atoms with Gasteiger partial charge in [-0.15, -0.1) is 0 Å². The van der Waals surface area contributed by atoms with Crippen molar-refractivity contribution in [3.8, 4) is 0 Å². The molecule has 0 aliphatic heterocycles. The molecule has 0 unspecified atom stereocenters. The number of hydrogen-bond acceptors (Lipinski definition) is 4. The topological polar surface area (TPSA) is 52.6 Å². The van der Waals surface area contributed by atoms with E-state index in [1.165, 1.54) is 6.92 Å². The second-order valence-corrected chi connectivity index (χ2v) is 3.97. The fourth-order valence-electron chi connectivity index (χ4n) is 1.68. The average Bonchev–Trinajstić information content (AvgIpc) is 2.39. The van der Waals surface area contributed by atoms with Crippen LogP contribution >= 0.6 is 0 Å². The molecule has 0 atom stereocenters. The molecule has 0 bridgehead atoms. The van der Waals surface area contributed by atoms with Gasteiger partial charge in [0.15, 0.2) is 5.92 Å². The van der Waals surface area contributed by atoms with Gasteiger partial charge in [-0.1, -0.05) is 0 Å². The Morgan fingerprint density at radius 2 is 1.68 bits per heavy atom. The Balaban J connectivity index is 3.09. The molecule has 1 aromatic carbocycles. The minimum Gasteiger partial charge on any atom is -0.468 e. The molecular formula is C13H14F2O4. The quantitative estimate of drug-likeness (QED) is 0.619. The van der Waals surface area contributed by atoms with Crippen LogP contribution in [0.2, 0.25) is 0 Å². The van der Waals surface area contributed by atoms with E-state index in [9.17, 15) is 18.4 Å². The summed E-state index contributed by atoms with van der Waals surface area (Å²) in [5.74, 6) is -4.36.